The van der Waals surface area contributed by atoms with Gasteiger partial charge in [0, 0.05) is 41.6 Å². The second-order valence-electron chi connectivity index (χ2n) is 6.83. The van der Waals surface area contributed by atoms with Crippen LogP contribution in [0.3, 0.4) is 0 Å². The van der Waals surface area contributed by atoms with Crippen LogP contribution in [0.5, 0.6) is 0 Å². The summed E-state index contributed by atoms with van der Waals surface area (Å²) in [5.41, 5.74) is 1.07. The number of amides is 1. The summed E-state index contributed by atoms with van der Waals surface area (Å²) >= 11 is 3.50. The fourth-order valence-electron chi connectivity index (χ4n) is 3.17. The van der Waals surface area contributed by atoms with Crippen molar-refractivity contribution in [2.75, 3.05) is 25.4 Å². The number of aryl methyl sites for hydroxylation is 1. The van der Waals surface area contributed by atoms with E-state index in [2.05, 4.69) is 16.8 Å². The molecule has 2 heterocycles. The van der Waals surface area contributed by atoms with Gasteiger partial charge in [0.2, 0.25) is 10.0 Å². The molecule has 0 aliphatic carbocycles. The predicted molar refractivity (Wildman–Crippen MR) is 117 cm³/mol. The number of piperidine rings is 1. The number of hydrogen-bond acceptors (Lipinski definition) is 5. The van der Waals surface area contributed by atoms with Gasteiger partial charge in [0.15, 0.2) is 0 Å². The van der Waals surface area contributed by atoms with Crippen molar-refractivity contribution in [1.29, 1.82) is 0 Å². The Kier molecular flexibility index (Phi) is 7.56. The van der Waals surface area contributed by atoms with E-state index in [4.69, 9.17) is 0 Å². The highest BCUT2D eigenvalue weighted by Gasteiger charge is 2.28. The topological polar surface area (TPSA) is 66.5 Å². The molecule has 8 heteroatoms. The zero-order valence-corrected chi connectivity index (χ0v) is 18.5. The molecule has 0 spiro atoms. The molecule has 0 unspecified atom stereocenters. The highest BCUT2D eigenvalue weighted by molar-refractivity contribution is 7.98. The minimum atomic E-state index is -3.55. The van der Waals surface area contributed by atoms with Crippen molar-refractivity contribution in [3.8, 4) is 0 Å². The maximum atomic E-state index is 13.0. The van der Waals surface area contributed by atoms with E-state index in [0.717, 1.165) is 30.8 Å². The van der Waals surface area contributed by atoms with E-state index in [9.17, 15) is 13.2 Å². The number of nitrogens with zero attached hydrogens (tertiary/aromatic N) is 1. The fourth-order valence-corrected chi connectivity index (χ4v) is 6.64. The van der Waals surface area contributed by atoms with Gasteiger partial charge in [-0.05, 0) is 48.9 Å². The third kappa shape index (κ3) is 5.37. The minimum Gasteiger partial charge on any atom is -0.351 e. The highest BCUT2D eigenvalue weighted by atomic mass is 32.2. The molecule has 28 heavy (non-hydrogen) atoms. The number of thioether (sulfide) groups is 1. The van der Waals surface area contributed by atoms with Gasteiger partial charge in [0.25, 0.3) is 5.91 Å². The standard InChI is InChI=1S/C20H26N2O3S3/c1-16-7-8-17(14-19(16)28(24,25)22-10-3-2-4-11-22)20(23)21-9-13-26-15-18-6-5-12-27-18/h5-8,12,14H,2-4,9-11,13,15H2,1H3,(H,21,23). The van der Waals surface area contributed by atoms with Crippen LogP contribution < -0.4 is 5.32 Å². The molecule has 5 nitrogen and oxygen atoms in total. The van der Waals surface area contributed by atoms with Gasteiger partial charge in [0.05, 0.1) is 4.90 Å². The van der Waals surface area contributed by atoms with Crippen LogP contribution in [-0.2, 0) is 15.8 Å². The molecule has 3 rings (SSSR count). The summed E-state index contributed by atoms with van der Waals surface area (Å²) in [6, 6.07) is 9.07. The Morgan fingerprint density at radius 1 is 1.21 bits per heavy atom. The number of sulfonamides is 1. The van der Waals surface area contributed by atoms with Crippen molar-refractivity contribution in [2.24, 2.45) is 0 Å². The largest absolute Gasteiger partial charge is 0.351 e. The Labute approximate surface area is 175 Å². The Bertz CT molecular complexity index is 889. The average molecular weight is 439 g/mol. The van der Waals surface area contributed by atoms with Gasteiger partial charge < -0.3 is 5.32 Å². The number of rotatable bonds is 8. The summed E-state index contributed by atoms with van der Waals surface area (Å²) < 4.78 is 27.5. The smallest absolute Gasteiger partial charge is 0.251 e. The molecule has 1 aliphatic rings. The molecule has 1 N–H and O–H groups in total. The lowest BCUT2D eigenvalue weighted by molar-refractivity contribution is 0.0956. The van der Waals surface area contributed by atoms with Crippen LogP contribution in [-0.4, -0.2) is 44.0 Å². The molecule has 2 aromatic rings. The molecular formula is C20H26N2O3S3. The van der Waals surface area contributed by atoms with E-state index in [1.807, 2.05) is 6.07 Å². The van der Waals surface area contributed by atoms with E-state index in [1.165, 1.54) is 10.9 Å². The SMILES string of the molecule is Cc1ccc(C(=O)NCCSCc2cccs2)cc1S(=O)(=O)N1CCCCC1. The third-order valence-electron chi connectivity index (χ3n) is 4.74. The number of carbonyl (C=O) groups excluding carboxylic acids is 1. The van der Waals surface area contributed by atoms with Crippen LogP contribution >= 0.6 is 23.1 Å². The first-order chi connectivity index (χ1) is 13.5. The molecule has 1 saturated heterocycles. The first kappa shape index (κ1) is 21.4. The summed E-state index contributed by atoms with van der Waals surface area (Å²) in [6.07, 6.45) is 2.85. The van der Waals surface area contributed by atoms with Crippen molar-refractivity contribution in [2.45, 2.75) is 36.8 Å². The Hall–Kier alpha value is -1.35. The van der Waals surface area contributed by atoms with Crippen LogP contribution in [0, 0.1) is 6.92 Å². The highest BCUT2D eigenvalue weighted by Crippen LogP contribution is 2.24. The second-order valence-corrected chi connectivity index (χ2v) is 10.9. The molecular weight excluding hydrogens is 412 g/mol. The van der Waals surface area contributed by atoms with Crippen LogP contribution in [0.1, 0.15) is 40.1 Å². The van der Waals surface area contributed by atoms with Crippen LogP contribution in [0.15, 0.2) is 40.6 Å². The third-order valence-corrected chi connectivity index (χ3v) is 8.85. The molecule has 1 aromatic carbocycles. The first-order valence-corrected chi connectivity index (χ1v) is 12.9. The lowest BCUT2D eigenvalue weighted by Crippen LogP contribution is -2.36. The second kappa shape index (κ2) is 9.91. The van der Waals surface area contributed by atoms with Crippen molar-refractivity contribution in [3.05, 3.63) is 51.7 Å². The van der Waals surface area contributed by atoms with Crippen LogP contribution in [0.4, 0.5) is 0 Å². The summed E-state index contributed by atoms with van der Waals surface area (Å²) in [4.78, 5) is 14.0. The van der Waals surface area contributed by atoms with Gasteiger partial charge in [-0.1, -0.05) is 18.6 Å². The summed E-state index contributed by atoms with van der Waals surface area (Å²) in [5, 5.41) is 4.95. The number of benzene rings is 1. The van der Waals surface area contributed by atoms with Crippen molar-refractivity contribution in [3.63, 3.8) is 0 Å². The van der Waals surface area contributed by atoms with Gasteiger partial charge in [-0.2, -0.15) is 16.1 Å². The normalized spacial score (nSPS) is 15.5. The lowest BCUT2D eigenvalue weighted by Gasteiger charge is -2.26. The lowest BCUT2D eigenvalue weighted by atomic mass is 10.1. The van der Waals surface area contributed by atoms with Crippen LogP contribution in [0.2, 0.25) is 0 Å². The number of thiophene rings is 1. The zero-order valence-electron chi connectivity index (χ0n) is 16.0. The monoisotopic (exact) mass is 438 g/mol. The quantitative estimate of drug-likeness (QED) is 0.635. The Balaban J connectivity index is 1.59. The van der Waals surface area contributed by atoms with Crippen molar-refractivity contribution < 1.29 is 13.2 Å². The summed E-state index contributed by atoms with van der Waals surface area (Å²) in [7, 11) is -3.55. The number of carbonyl (C=O) groups is 1. The van der Waals surface area contributed by atoms with Crippen molar-refractivity contribution in [1.82, 2.24) is 9.62 Å². The number of nitrogens with one attached hydrogen (secondary N) is 1. The molecule has 0 radical (unpaired) electrons. The van der Waals surface area contributed by atoms with Gasteiger partial charge in [-0.25, -0.2) is 8.42 Å². The first-order valence-electron chi connectivity index (χ1n) is 9.47. The van der Waals surface area contributed by atoms with Crippen LogP contribution in [0.25, 0.3) is 0 Å². The Morgan fingerprint density at radius 3 is 2.71 bits per heavy atom. The molecule has 0 saturated carbocycles. The zero-order chi connectivity index (χ0) is 20.0. The average Bonchev–Trinajstić information content (AvgIpc) is 3.22. The molecule has 0 bridgehead atoms. The predicted octanol–water partition coefficient (Wildman–Crippen LogP) is 3.89. The molecule has 152 valence electrons. The van der Waals surface area contributed by atoms with E-state index in [1.54, 1.807) is 46.5 Å². The molecule has 1 aromatic heterocycles. The molecule has 0 atom stereocenters. The minimum absolute atomic E-state index is 0.230. The van der Waals surface area contributed by atoms with Gasteiger partial charge in [-0.15, -0.1) is 11.3 Å². The van der Waals surface area contributed by atoms with Crippen molar-refractivity contribution >= 4 is 39.0 Å². The maximum absolute atomic E-state index is 13.0. The summed E-state index contributed by atoms with van der Waals surface area (Å²) in [5.74, 6) is 1.52. The maximum Gasteiger partial charge on any atom is 0.251 e. The fraction of sp³-hybridized carbons (Fsp3) is 0.450. The van der Waals surface area contributed by atoms with E-state index >= 15 is 0 Å². The van der Waals surface area contributed by atoms with E-state index in [0.29, 0.717) is 30.8 Å². The van der Waals surface area contributed by atoms with Gasteiger partial charge >= 0.3 is 0 Å². The van der Waals surface area contributed by atoms with Gasteiger partial charge in [0.1, 0.15) is 0 Å². The molecule has 1 amide bonds. The van der Waals surface area contributed by atoms with E-state index in [-0.39, 0.29) is 10.8 Å². The molecule has 1 aliphatic heterocycles. The number of hydrogen-bond donors (Lipinski definition) is 1. The van der Waals surface area contributed by atoms with E-state index < -0.39 is 10.0 Å². The molecule has 1 fully saturated rings. The van der Waals surface area contributed by atoms with Gasteiger partial charge in [-0.3, -0.25) is 4.79 Å². The summed E-state index contributed by atoms with van der Waals surface area (Å²) in [6.45, 7) is 3.44. The Morgan fingerprint density at radius 2 is 2.00 bits per heavy atom.